The van der Waals surface area contributed by atoms with Gasteiger partial charge in [-0.05, 0) is 29.3 Å². The quantitative estimate of drug-likeness (QED) is 0.783. The van der Waals surface area contributed by atoms with Crippen molar-refractivity contribution < 1.29 is 18.3 Å². The molecule has 0 heterocycles. The Morgan fingerprint density at radius 3 is 2.57 bits per heavy atom. The van der Waals surface area contributed by atoms with Gasteiger partial charge in [0, 0.05) is 6.42 Å². The van der Waals surface area contributed by atoms with Crippen LogP contribution in [0, 0.1) is 5.82 Å². The van der Waals surface area contributed by atoms with E-state index in [0.717, 1.165) is 6.07 Å². The summed E-state index contributed by atoms with van der Waals surface area (Å²) in [6, 6.07) is 5.08. The summed E-state index contributed by atoms with van der Waals surface area (Å²) in [5, 5.41) is 5.24. The van der Waals surface area contributed by atoms with E-state index >= 15 is 0 Å². The fourth-order valence-corrected chi connectivity index (χ4v) is 1.08. The van der Waals surface area contributed by atoms with Crippen molar-refractivity contribution in [3.8, 4) is 0 Å². The second-order valence-corrected chi connectivity index (χ2v) is 3.40. The highest BCUT2D eigenvalue weighted by atomic mass is 35.5. The summed E-state index contributed by atoms with van der Waals surface area (Å²) in [6.45, 7) is 0. The van der Waals surface area contributed by atoms with E-state index in [4.69, 9.17) is 5.11 Å². The van der Waals surface area contributed by atoms with E-state index in [1.807, 2.05) is 0 Å². The van der Waals surface area contributed by atoms with E-state index in [1.165, 1.54) is 18.2 Å². The molecule has 1 nitrogen and oxygen atoms in total. The van der Waals surface area contributed by atoms with Gasteiger partial charge in [-0.15, -0.1) is 0 Å². The fourth-order valence-electron chi connectivity index (χ4n) is 1.00. The standard InChI is InChI=1S/C9H8ClF3O/c10-9(12,13)8(14)5-6-2-1-3-7(11)4-6/h1-4,8,14H,5H2. The van der Waals surface area contributed by atoms with Gasteiger partial charge in [0.2, 0.25) is 0 Å². The van der Waals surface area contributed by atoms with Crippen LogP contribution in [0.25, 0.3) is 0 Å². The molecule has 0 aliphatic carbocycles. The van der Waals surface area contributed by atoms with Crippen LogP contribution in [0.4, 0.5) is 13.2 Å². The van der Waals surface area contributed by atoms with Crippen LogP contribution in [0.3, 0.4) is 0 Å². The highest BCUT2D eigenvalue weighted by Crippen LogP contribution is 2.25. The molecule has 1 rings (SSSR count). The molecule has 1 atom stereocenters. The lowest BCUT2D eigenvalue weighted by atomic mass is 10.1. The lowest BCUT2D eigenvalue weighted by molar-refractivity contribution is -0.0397. The minimum absolute atomic E-state index is 0.276. The molecule has 0 radical (unpaired) electrons. The molecule has 0 aromatic heterocycles. The molecule has 78 valence electrons. The van der Waals surface area contributed by atoms with Gasteiger partial charge in [-0.2, -0.15) is 8.78 Å². The van der Waals surface area contributed by atoms with Gasteiger partial charge < -0.3 is 5.11 Å². The van der Waals surface area contributed by atoms with Crippen molar-refractivity contribution in [3.63, 3.8) is 0 Å². The Morgan fingerprint density at radius 1 is 1.43 bits per heavy atom. The molecular formula is C9H8ClF3O. The third-order valence-electron chi connectivity index (χ3n) is 1.70. The van der Waals surface area contributed by atoms with Gasteiger partial charge in [0.15, 0.2) is 0 Å². The van der Waals surface area contributed by atoms with E-state index in [0.29, 0.717) is 0 Å². The van der Waals surface area contributed by atoms with Crippen LogP contribution in [-0.4, -0.2) is 16.6 Å². The highest BCUT2D eigenvalue weighted by Gasteiger charge is 2.35. The molecule has 0 aliphatic heterocycles. The molecule has 0 fully saturated rings. The molecule has 5 heteroatoms. The minimum atomic E-state index is -3.69. The summed E-state index contributed by atoms with van der Waals surface area (Å²) in [6.07, 6.45) is -2.39. The topological polar surface area (TPSA) is 20.2 Å². The molecule has 14 heavy (non-hydrogen) atoms. The van der Waals surface area contributed by atoms with E-state index < -0.39 is 17.3 Å². The summed E-state index contributed by atoms with van der Waals surface area (Å²) in [5.41, 5.74) is 0.276. The van der Waals surface area contributed by atoms with Crippen molar-refractivity contribution >= 4 is 11.6 Å². The first kappa shape index (κ1) is 11.3. The molecule has 0 spiro atoms. The van der Waals surface area contributed by atoms with E-state index in [1.54, 1.807) is 0 Å². The summed E-state index contributed by atoms with van der Waals surface area (Å²) in [7, 11) is 0. The Labute approximate surface area is 84.1 Å². The van der Waals surface area contributed by atoms with Crippen molar-refractivity contribution in [2.24, 2.45) is 0 Å². The number of hydrogen-bond donors (Lipinski definition) is 1. The van der Waals surface area contributed by atoms with Crippen molar-refractivity contribution in [1.29, 1.82) is 0 Å². The Kier molecular flexibility index (Phi) is 3.39. The molecule has 1 aromatic carbocycles. The first-order valence-corrected chi connectivity index (χ1v) is 4.26. The van der Waals surface area contributed by atoms with Crippen LogP contribution < -0.4 is 0 Å². The molecular weight excluding hydrogens is 217 g/mol. The number of aliphatic hydroxyl groups is 1. The Balaban J connectivity index is 2.70. The van der Waals surface area contributed by atoms with Gasteiger partial charge in [0.05, 0.1) is 0 Å². The van der Waals surface area contributed by atoms with Crippen LogP contribution in [0.2, 0.25) is 0 Å². The molecule has 0 bridgehead atoms. The average molecular weight is 225 g/mol. The number of benzene rings is 1. The Hall–Kier alpha value is -0.740. The predicted molar refractivity (Wildman–Crippen MR) is 46.9 cm³/mol. The zero-order valence-corrected chi connectivity index (χ0v) is 7.81. The van der Waals surface area contributed by atoms with Crippen molar-refractivity contribution in [1.82, 2.24) is 0 Å². The largest absolute Gasteiger partial charge is 0.385 e. The van der Waals surface area contributed by atoms with Gasteiger partial charge in [0.1, 0.15) is 11.9 Å². The number of hydrogen-bond acceptors (Lipinski definition) is 1. The summed E-state index contributed by atoms with van der Waals surface area (Å²) in [4.78, 5) is 0. The molecule has 0 amide bonds. The molecule has 0 saturated heterocycles. The van der Waals surface area contributed by atoms with Crippen molar-refractivity contribution in [2.75, 3.05) is 0 Å². The number of halogens is 4. The van der Waals surface area contributed by atoms with E-state index in [2.05, 4.69) is 11.6 Å². The van der Waals surface area contributed by atoms with E-state index in [-0.39, 0.29) is 12.0 Å². The lowest BCUT2D eigenvalue weighted by Gasteiger charge is -2.15. The lowest BCUT2D eigenvalue weighted by Crippen LogP contribution is -2.29. The monoisotopic (exact) mass is 224 g/mol. The van der Waals surface area contributed by atoms with Gasteiger partial charge in [0.25, 0.3) is 0 Å². The second kappa shape index (κ2) is 4.19. The molecule has 0 saturated carbocycles. The number of aliphatic hydroxyl groups excluding tert-OH is 1. The normalized spacial score (nSPS) is 14.1. The summed E-state index contributed by atoms with van der Waals surface area (Å²) in [5.74, 6) is -0.535. The molecule has 1 unspecified atom stereocenters. The van der Waals surface area contributed by atoms with E-state index in [9.17, 15) is 13.2 Å². The smallest absolute Gasteiger partial charge is 0.347 e. The van der Waals surface area contributed by atoms with Gasteiger partial charge >= 0.3 is 5.38 Å². The summed E-state index contributed by atoms with van der Waals surface area (Å²) < 4.78 is 37.3. The maximum absolute atomic E-state index is 12.6. The van der Waals surface area contributed by atoms with Crippen molar-refractivity contribution in [2.45, 2.75) is 17.9 Å². The van der Waals surface area contributed by atoms with Crippen LogP contribution in [0.5, 0.6) is 0 Å². The third kappa shape index (κ3) is 3.20. The first-order chi connectivity index (χ1) is 6.39. The Bertz CT molecular complexity index is 311. The van der Waals surface area contributed by atoms with Gasteiger partial charge in [-0.25, -0.2) is 4.39 Å². The number of rotatable bonds is 3. The summed E-state index contributed by atoms with van der Waals surface area (Å²) >= 11 is 4.60. The predicted octanol–water partition coefficient (Wildman–Crippen LogP) is 2.56. The second-order valence-electron chi connectivity index (χ2n) is 2.89. The van der Waals surface area contributed by atoms with Crippen LogP contribution in [0.15, 0.2) is 24.3 Å². The van der Waals surface area contributed by atoms with Gasteiger partial charge in [-0.3, -0.25) is 0 Å². The van der Waals surface area contributed by atoms with Gasteiger partial charge in [-0.1, -0.05) is 12.1 Å². The van der Waals surface area contributed by atoms with Crippen LogP contribution >= 0.6 is 11.6 Å². The zero-order valence-electron chi connectivity index (χ0n) is 7.05. The number of alkyl halides is 3. The maximum Gasteiger partial charge on any atom is 0.347 e. The van der Waals surface area contributed by atoms with Crippen LogP contribution in [0.1, 0.15) is 5.56 Å². The first-order valence-electron chi connectivity index (χ1n) is 3.89. The molecule has 0 aliphatic rings. The Morgan fingerprint density at radius 2 is 2.07 bits per heavy atom. The van der Waals surface area contributed by atoms with Crippen LogP contribution in [-0.2, 0) is 6.42 Å². The minimum Gasteiger partial charge on any atom is -0.385 e. The third-order valence-corrected chi connectivity index (χ3v) is 1.95. The molecule has 1 N–H and O–H groups in total. The highest BCUT2D eigenvalue weighted by molar-refractivity contribution is 6.22. The molecule has 1 aromatic rings. The zero-order chi connectivity index (χ0) is 10.8. The average Bonchev–Trinajstić information content (AvgIpc) is 2.02. The fraction of sp³-hybridized carbons (Fsp3) is 0.333. The maximum atomic E-state index is 12.6. The SMILES string of the molecule is OC(Cc1cccc(F)c1)C(F)(F)Cl. The van der Waals surface area contributed by atoms with Crippen molar-refractivity contribution in [3.05, 3.63) is 35.6 Å².